The lowest BCUT2D eigenvalue weighted by Gasteiger charge is -2.09. The molecule has 0 radical (unpaired) electrons. The summed E-state index contributed by atoms with van der Waals surface area (Å²) < 4.78 is 0. The van der Waals surface area contributed by atoms with E-state index in [1.807, 2.05) is 6.07 Å². The summed E-state index contributed by atoms with van der Waals surface area (Å²) in [5, 5.41) is 14.4. The molecule has 0 bridgehead atoms. The Balaban J connectivity index is 2.56. The molecule has 1 unspecified atom stereocenters. The number of hydrogen-bond acceptors (Lipinski definition) is 6. The number of nitriles is 1. The van der Waals surface area contributed by atoms with Gasteiger partial charge in [-0.25, -0.2) is 5.53 Å². The molecule has 88 valence electrons. The van der Waals surface area contributed by atoms with E-state index in [0.717, 1.165) is 0 Å². The maximum absolute atomic E-state index is 11.5. The van der Waals surface area contributed by atoms with E-state index in [1.165, 1.54) is 18.0 Å². The lowest BCUT2D eigenvalue weighted by atomic mass is 10.2. The number of aromatic nitrogens is 1. The summed E-state index contributed by atoms with van der Waals surface area (Å²) in [6, 6.07) is 5.19. The number of thioether (sulfide) groups is 1. The van der Waals surface area contributed by atoms with E-state index in [1.54, 1.807) is 18.4 Å². The SMILES string of the molecule is CSC(N=N)NC(=O)Cc1ccc(C#N)cn1. The molecule has 0 aliphatic heterocycles. The van der Waals surface area contributed by atoms with Crippen molar-refractivity contribution in [3.63, 3.8) is 0 Å². The first-order chi connectivity index (χ1) is 8.19. The van der Waals surface area contributed by atoms with Crippen molar-refractivity contribution < 1.29 is 4.79 Å². The van der Waals surface area contributed by atoms with Crippen molar-refractivity contribution in [3.8, 4) is 6.07 Å². The minimum Gasteiger partial charge on any atom is -0.324 e. The summed E-state index contributed by atoms with van der Waals surface area (Å²) >= 11 is 1.27. The van der Waals surface area contributed by atoms with Gasteiger partial charge >= 0.3 is 0 Å². The van der Waals surface area contributed by atoms with Crippen LogP contribution in [0.5, 0.6) is 0 Å². The largest absolute Gasteiger partial charge is 0.324 e. The standard InChI is InChI=1S/C10H11N5OS/c1-17-10(15-12)14-9(16)4-8-3-2-7(5-11)6-13-8/h2-3,6,10,12H,4H2,1H3,(H,14,16). The molecule has 0 saturated heterocycles. The van der Waals surface area contributed by atoms with E-state index >= 15 is 0 Å². The van der Waals surface area contributed by atoms with Crippen molar-refractivity contribution in [2.24, 2.45) is 5.11 Å². The summed E-state index contributed by atoms with van der Waals surface area (Å²) in [5.74, 6) is -0.252. The number of nitrogens with one attached hydrogen (secondary N) is 2. The number of carbonyl (C=O) groups is 1. The lowest BCUT2D eigenvalue weighted by molar-refractivity contribution is -0.120. The maximum Gasteiger partial charge on any atom is 0.228 e. The summed E-state index contributed by atoms with van der Waals surface area (Å²) in [5.41, 5.74) is 7.30. The minimum absolute atomic E-state index is 0.109. The first-order valence-corrected chi connectivity index (χ1v) is 6.02. The molecule has 0 spiro atoms. The summed E-state index contributed by atoms with van der Waals surface area (Å²) in [7, 11) is 0. The van der Waals surface area contributed by atoms with Gasteiger partial charge in [-0.05, 0) is 18.4 Å². The Morgan fingerprint density at radius 3 is 3.00 bits per heavy atom. The third-order valence-corrected chi connectivity index (χ3v) is 2.59. The molecule has 0 aliphatic rings. The predicted octanol–water partition coefficient (Wildman–Crippen LogP) is 1.29. The molecule has 17 heavy (non-hydrogen) atoms. The van der Waals surface area contributed by atoms with E-state index in [4.69, 9.17) is 10.8 Å². The van der Waals surface area contributed by atoms with Crippen molar-refractivity contribution in [1.29, 1.82) is 10.8 Å². The first kappa shape index (κ1) is 13.1. The number of pyridine rings is 1. The highest BCUT2D eigenvalue weighted by molar-refractivity contribution is 7.99. The molecule has 7 heteroatoms. The van der Waals surface area contributed by atoms with E-state index < -0.39 is 5.50 Å². The molecular formula is C10H11N5OS. The topological polar surface area (TPSA) is 102 Å². The quantitative estimate of drug-likeness (QED) is 0.606. The fraction of sp³-hybridized carbons (Fsp3) is 0.300. The molecule has 1 aromatic heterocycles. The summed E-state index contributed by atoms with van der Waals surface area (Å²) in [4.78, 5) is 15.5. The highest BCUT2D eigenvalue weighted by Gasteiger charge is 2.10. The zero-order valence-electron chi connectivity index (χ0n) is 9.17. The van der Waals surface area contributed by atoms with Crippen LogP contribution in [0.4, 0.5) is 0 Å². The Labute approximate surface area is 103 Å². The zero-order chi connectivity index (χ0) is 12.7. The second-order valence-corrected chi connectivity index (χ2v) is 4.03. The number of rotatable bonds is 5. The van der Waals surface area contributed by atoms with Crippen molar-refractivity contribution >= 4 is 17.7 Å². The Morgan fingerprint density at radius 2 is 2.53 bits per heavy atom. The van der Waals surface area contributed by atoms with Crippen LogP contribution in [-0.4, -0.2) is 22.6 Å². The molecule has 1 amide bonds. The van der Waals surface area contributed by atoms with E-state index in [9.17, 15) is 4.79 Å². The average molecular weight is 249 g/mol. The van der Waals surface area contributed by atoms with Crippen LogP contribution >= 0.6 is 11.8 Å². The van der Waals surface area contributed by atoms with Gasteiger partial charge in [0.2, 0.25) is 5.91 Å². The van der Waals surface area contributed by atoms with Crippen molar-refractivity contribution in [3.05, 3.63) is 29.6 Å². The Morgan fingerprint density at radius 1 is 1.76 bits per heavy atom. The van der Waals surface area contributed by atoms with E-state index in [-0.39, 0.29) is 12.3 Å². The minimum atomic E-state index is -0.555. The zero-order valence-corrected chi connectivity index (χ0v) is 9.99. The number of nitrogens with zero attached hydrogens (tertiary/aromatic N) is 3. The first-order valence-electron chi connectivity index (χ1n) is 4.73. The molecule has 2 N–H and O–H groups in total. The van der Waals surface area contributed by atoms with Gasteiger partial charge in [0, 0.05) is 11.9 Å². The second kappa shape index (κ2) is 6.60. The van der Waals surface area contributed by atoms with Crippen LogP contribution in [0.25, 0.3) is 0 Å². The normalized spacial score (nSPS) is 11.3. The van der Waals surface area contributed by atoms with Gasteiger partial charge in [-0.2, -0.15) is 10.4 Å². The Hall–Kier alpha value is -1.94. The van der Waals surface area contributed by atoms with Crippen LogP contribution < -0.4 is 5.32 Å². The smallest absolute Gasteiger partial charge is 0.228 e. The molecule has 0 saturated carbocycles. The molecule has 0 aliphatic carbocycles. The van der Waals surface area contributed by atoms with Gasteiger partial charge < -0.3 is 5.32 Å². The van der Waals surface area contributed by atoms with Crippen LogP contribution in [0.3, 0.4) is 0 Å². The molecular weight excluding hydrogens is 238 g/mol. The van der Waals surface area contributed by atoms with Crippen molar-refractivity contribution in [2.75, 3.05) is 6.26 Å². The molecule has 0 fully saturated rings. The van der Waals surface area contributed by atoms with Crippen LogP contribution in [0.15, 0.2) is 23.4 Å². The monoisotopic (exact) mass is 249 g/mol. The van der Waals surface area contributed by atoms with Crippen molar-refractivity contribution in [1.82, 2.24) is 10.3 Å². The van der Waals surface area contributed by atoms with Gasteiger partial charge in [-0.1, -0.05) is 0 Å². The highest BCUT2D eigenvalue weighted by atomic mass is 32.2. The third-order valence-electron chi connectivity index (χ3n) is 1.92. The van der Waals surface area contributed by atoms with Gasteiger partial charge in [0.1, 0.15) is 6.07 Å². The molecule has 1 aromatic rings. The number of carbonyl (C=O) groups excluding carboxylic acids is 1. The molecule has 1 rings (SSSR count). The van der Waals surface area contributed by atoms with Crippen LogP contribution in [0.2, 0.25) is 0 Å². The molecule has 1 heterocycles. The molecule has 6 nitrogen and oxygen atoms in total. The lowest BCUT2D eigenvalue weighted by Crippen LogP contribution is -2.32. The predicted molar refractivity (Wildman–Crippen MR) is 63.2 cm³/mol. The van der Waals surface area contributed by atoms with E-state index in [0.29, 0.717) is 11.3 Å². The van der Waals surface area contributed by atoms with Crippen LogP contribution in [0.1, 0.15) is 11.3 Å². The Kier molecular flexibility index (Phi) is 5.10. The number of hydrogen-bond donors (Lipinski definition) is 2. The highest BCUT2D eigenvalue weighted by Crippen LogP contribution is 2.05. The van der Waals surface area contributed by atoms with Crippen LogP contribution in [0, 0.1) is 16.9 Å². The van der Waals surface area contributed by atoms with Crippen molar-refractivity contribution in [2.45, 2.75) is 11.9 Å². The number of amides is 1. The third kappa shape index (κ3) is 4.20. The molecule has 1 atom stereocenters. The van der Waals surface area contributed by atoms with Gasteiger partial charge in [-0.3, -0.25) is 9.78 Å². The van der Waals surface area contributed by atoms with Gasteiger partial charge in [-0.15, -0.1) is 11.8 Å². The Bertz CT molecular complexity index is 439. The fourth-order valence-corrected chi connectivity index (χ4v) is 1.45. The van der Waals surface area contributed by atoms with Crippen LogP contribution in [-0.2, 0) is 11.2 Å². The second-order valence-electron chi connectivity index (χ2n) is 3.11. The fourth-order valence-electron chi connectivity index (χ4n) is 1.09. The van der Waals surface area contributed by atoms with Gasteiger partial charge in [0.15, 0.2) is 5.50 Å². The molecule has 0 aromatic carbocycles. The summed E-state index contributed by atoms with van der Waals surface area (Å²) in [6.45, 7) is 0. The average Bonchev–Trinajstić information content (AvgIpc) is 2.37. The van der Waals surface area contributed by atoms with Gasteiger partial charge in [0.05, 0.1) is 12.0 Å². The maximum atomic E-state index is 11.5. The van der Waals surface area contributed by atoms with E-state index in [2.05, 4.69) is 15.4 Å². The van der Waals surface area contributed by atoms with Gasteiger partial charge in [0.25, 0.3) is 0 Å². The summed E-state index contributed by atoms with van der Waals surface area (Å²) in [6.07, 6.45) is 3.28.